The normalized spacial score (nSPS) is 9.89. The number of benzene rings is 2. The molecule has 0 fully saturated rings. The lowest BCUT2D eigenvalue weighted by atomic mass is 10.1. The molecule has 27 heavy (non-hydrogen) atoms. The molecule has 0 aliphatic carbocycles. The molecule has 0 aliphatic heterocycles. The van der Waals surface area contributed by atoms with Gasteiger partial charge in [0, 0.05) is 23.4 Å². The fraction of sp³-hybridized carbons (Fsp3) is 0.211. The highest BCUT2D eigenvalue weighted by atomic mass is 16.5. The predicted octanol–water partition coefficient (Wildman–Crippen LogP) is 2.32. The van der Waals surface area contributed by atoms with Crippen LogP contribution in [0.1, 0.15) is 20.7 Å². The van der Waals surface area contributed by atoms with E-state index in [1.165, 1.54) is 45.6 Å². The first kappa shape index (κ1) is 19.8. The Morgan fingerprint density at radius 3 is 2.04 bits per heavy atom. The summed E-state index contributed by atoms with van der Waals surface area (Å²) in [5, 5.41) is 2.59. The minimum Gasteiger partial charge on any atom is -0.493 e. The van der Waals surface area contributed by atoms with Crippen LogP contribution in [0.3, 0.4) is 0 Å². The van der Waals surface area contributed by atoms with E-state index in [0.717, 1.165) is 0 Å². The van der Waals surface area contributed by atoms with Gasteiger partial charge in [0.15, 0.2) is 18.1 Å². The van der Waals surface area contributed by atoms with Gasteiger partial charge in [0.1, 0.15) is 6.29 Å². The van der Waals surface area contributed by atoms with E-state index in [1.807, 2.05) is 0 Å². The molecule has 8 nitrogen and oxygen atoms in total. The molecule has 0 aliphatic rings. The highest BCUT2D eigenvalue weighted by molar-refractivity contribution is 5.96. The first-order valence-corrected chi connectivity index (χ1v) is 7.84. The van der Waals surface area contributed by atoms with Crippen LogP contribution in [0, 0.1) is 0 Å². The van der Waals surface area contributed by atoms with E-state index in [-0.39, 0.29) is 5.56 Å². The summed E-state index contributed by atoms with van der Waals surface area (Å²) < 4.78 is 20.6. The van der Waals surface area contributed by atoms with Gasteiger partial charge in [-0.05, 0) is 12.1 Å². The van der Waals surface area contributed by atoms with E-state index in [0.29, 0.717) is 34.8 Å². The van der Waals surface area contributed by atoms with Crippen LogP contribution in [0.25, 0.3) is 0 Å². The number of aldehydes is 1. The first-order chi connectivity index (χ1) is 13.0. The van der Waals surface area contributed by atoms with E-state index in [1.54, 1.807) is 12.1 Å². The molecule has 0 radical (unpaired) electrons. The van der Waals surface area contributed by atoms with Crippen LogP contribution in [-0.2, 0) is 9.53 Å². The summed E-state index contributed by atoms with van der Waals surface area (Å²) >= 11 is 0. The summed E-state index contributed by atoms with van der Waals surface area (Å²) in [6, 6.07) is 8.98. The van der Waals surface area contributed by atoms with Crippen molar-refractivity contribution in [3.8, 4) is 17.2 Å². The van der Waals surface area contributed by atoms with Gasteiger partial charge in [-0.15, -0.1) is 0 Å². The molecule has 2 aromatic rings. The smallest absolute Gasteiger partial charge is 0.338 e. The maximum absolute atomic E-state index is 12.1. The van der Waals surface area contributed by atoms with Crippen molar-refractivity contribution in [2.75, 3.05) is 33.3 Å². The number of hydrogen-bond acceptors (Lipinski definition) is 7. The zero-order valence-electron chi connectivity index (χ0n) is 15.1. The van der Waals surface area contributed by atoms with Gasteiger partial charge >= 0.3 is 5.97 Å². The molecule has 0 spiro atoms. The second kappa shape index (κ2) is 9.23. The lowest BCUT2D eigenvalue weighted by molar-refractivity contribution is -0.119. The highest BCUT2D eigenvalue weighted by Gasteiger charge is 2.15. The third-order valence-corrected chi connectivity index (χ3v) is 3.57. The third kappa shape index (κ3) is 4.97. The average Bonchev–Trinajstić information content (AvgIpc) is 2.71. The largest absolute Gasteiger partial charge is 0.493 e. The van der Waals surface area contributed by atoms with Gasteiger partial charge in [0.2, 0.25) is 5.75 Å². The second-order valence-corrected chi connectivity index (χ2v) is 5.28. The Kier molecular flexibility index (Phi) is 6.76. The summed E-state index contributed by atoms with van der Waals surface area (Å²) in [6.07, 6.45) is 0.667. The number of carbonyl (C=O) groups is 3. The van der Waals surface area contributed by atoms with Crippen LogP contribution in [0.2, 0.25) is 0 Å². The Bertz CT molecular complexity index is 805. The topological polar surface area (TPSA) is 100 Å². The summed E-state index contributed by atoms with van der Waals surface area (Å²) in [7, 11) is 4.39. The van der Waals surface area contributed by atoms with Crippen molar-refractivity contribution in [1.29, 1.82) is 0 Å². The van der Waals surface area contributed by atoms with Crippen LogP contribution >= 0.6 is 0 Å². The van der Waals surface area contributed by atoms with Gasteiger partial charge < -0.3 is 24.3 Å². The van der Waals surface area contributed by atoms with Gasteiger partial charge in [-0.3, -0.25) is 9.59 Å². The Hall–Kier alpha value is -3.55. The molecule has 0 bridgehead atoms. The van der Waals surface area contributed by atoms with E-state index < -0.39 is 18.5 Å². The summed E-state index contributed by atoms with van der Waals surface area (Å²) in [4.78, 5) is 34.6. The monoisotopic (exact) mass is 373 g/mol. The average molecular weight is 373 g/mol. The molecular formula is C19H19NO7. The minimum absolute atomic E-state index is 0.237. The molecule has 2 rings (SSSR count). The number of methoxy groups -OCH3 is 3. The maximum atomic E-state index is 12.1. The number of esters is 1. The number of amides is 1. The summed E-state index contributed by atoms with van der Waals surface area (Å²) in [5.41, 5.74) is 1.06. The van der Waals surface area contributed by atoms with Crippen LogP contribution < -0.4 is 19.5 Å². The Morgan fingerprint density at radius 1 is 0.963 bits per heavy atom. The summed E-state index contributed by atoms with van der Waals surface area (Å²) in [6.45, 7) is -0.481. The van der Waals surface area contributed by atoms with Crippen LogP contribution in [0.4, 0.5) is 5.69 Å². The molecular weight excluding hydrogens is 354 g/mol. The fourth-order valence-corrected chi connectivity index (χ4v) is 2.26. The molecule has 0 unspecified atom stereocenters. The van der Waals surface area contributed by atoms with Crippen molar-refractivity contribution in [1.82, 2.24) is 0 Å². The van der Waals surface area contributed by atoms with Gasteiger partial charge in [-0.1, -0.05) is 12.1 Å². The van der Waals surface area contributed by atoms with Crippen LogP contribution in [0.5, 0.6) is 17.2 Å². The second-order valence-electron chi connectivity index (χ2n) is 5.28. The number of carbonyl (C=O) groups excluding carboxylic acids is 3. The third-order valence-electron chi connectivity index (χ3n) is 3.57. The van der Waals surface area contributed by atoms with E-state index >= 15 is 0 Å². The Morgan fingerprint density at radius 2 is 1.56 bits per heavy atom. The standard InChI is InChI=1S/C19H19NO7/c1-24-15-8-14(9-16(25-2)18(15)26-3)20-17(22)11-27-19(23)13-6-4-12(10-21)5-7-13/h4-10H,11H2,1-3H3,(H,20,22). The van der Waals surface area contributed by atoms with Crippen molar-refractivity contribution in [3.63, 3.8) is 0 Å². The lowest BCUT2D eigenvalue weighted by Gasteiger charge is -2.14. The molecule has 0 saturated carbocycles. The fourth-order valence-electron chi connectivity index (χ4n) is 2.26. The van der Waals surface area contributed by atoms with E-state index in [4.69, 9.17) is 18.9 Å². The molecule has 0 saturated heterocycles. The van der Waals surface area contributed by atoms with E-state index in [9.17, 15) is 14.4 Å². The van der Waals surface area contributed by atoms with Gasteiger partial charge in [0.05, 0.1) is 26.9 Å². The Labute approximate surface area is 156 Å². The number of anilines is 1. The first-order valence-electron chi connectivity index (χ1n) is 7.84. The maximum Gasteiger partial charge on any atom is 0.338 e. The number of rotatable bonds is 8. The number of nitrogens with one attached hydrogen (secondary N) is 1. The SMILES string of the molecule is COc1cc(NC(=O)COC(=O)c2ccc(C=O)cc2)cc(OC)c1OC. The molecule has 1 N–H and O–H groups in total. The zero-order chi connectivity index (χ0) is 19.8. The van der Waals surface area contributed by atoms with Gasteiger partial charge in [-0.2, -0.15) is 0 Å². The van der Waals surface area contributed by atoms with Gasteiger partial charge in [-0.25, -0.2) is 4.79 Å². The highest BCUT2D eigenvalue weighted by Crippen LogP contribution is 2.39. The molecule has 0 aromatic heterocycles. The zero-order valence-corrected chi connectivity index (χ0v) is 15.1. The minimum atomic E-state index is -0.674. The van der Waals surface area contributed by atoms with Crippen molar-refractivity contribution < 1.29 is 33.3 Å². The summed E-state index contributed by atoms with van der Waals surface area (Å²) in [5.74, 6) is -0.0725. The van der Waals surface area contributed by atoms with Crippen molar-refractivity contribution in [3.05, 3.63) is 47.5 Å². The molecule has 2 aromatic carbocycles. The van der Waals surface area contributed by atoms with Crippen LogP contribution in [-0.4, -0.2) is 46.1 Å². The predicted molar refractivity (Wildman–Crippen MR) is 96.8 cm³/mol. The Balaban J connectivity index is 2.00. The van der Waals surface area contributed by atoms with Gasteiger partial charge in [0.25, 0.3) is 5.91 Å². The number of ether oxygens (including phenoxy) is 4. The van der Waals surface area contributed by atoms with Crippen molar-refractivity contribution in [2.24, 2.45) is 0 Å². The number of hydrogen-bond donors (Lipinski definition) is 1. The van der Waals surface area contributed by atoms with Crippen LogP contribution in [0.15, 0.2) is 36.4 Å². The quantitative estimate of drug-likeness (QED) is 0.560. The molecule has 142 valence electrons. The van der Waals surface area contributed by atoms with Crippen molar-refractivity contribution >= 4 is 23.9 Å². The lowest BCUT2D eigenvalue weighted by Crippen LogP contribution is -2.21. The van der Waals surface area contributed by atoms with Crippen molar-refractivity contribution in [2.45, 2.75) is 0 Å². The molecule has 0 heterocycles. The molecule has 8 heteroatoms. The molecule has 0 atom stereocenters. The van der Waals surface area contributed by atoms with E-state index in [2.05, 4.69) is 5.32 Å². The molecule has 1 amide bonds.